The van der Waals surface area contributed by atoms with Crippen molar-refractivity contribution >= 4 is 77.0 Å². The first-order valence-electron chi connectivity index (χ1n) is 12.8. The summed E-state index contributed by atoms with van der Waals surface area (Å²) in [7, 11) is 0. The summed E-state index contributed by atoms with van der Waals surface area (Å²) >= 11 is 2.81. The summed E-state index contributed by atoms with van der Waals surface area (Å²) in [5.41, 5.74) is 1.66. The van der Waals surface area contributed by atoms with Crippen molar-refractivity contribution in [2.45, 2.75) is 19.3 Å². The van der Waals surface area contributed by atoms with Crippen molar-refractivity contribution in [2.24, 2.45) is 11.8 Å². The summed E-state index contributed by atoms with van der Waals surface area (Å²) in [6.07, 6.45) is 0.899. The monoisotopic (exact) mass is 562 g/mol. The molecule has 0 bridgehead atoms. The van der Waals surface area contributed by atoms with Gasteiger partial charge in [0.25, 0.3) is 0 Å². The average molecular weight is 563 g/mol. The normalized spacial score (nSPS) is 19.4. The summed E-state index contributed by atoms with van der Waals surface area (Å²) in [6.45, 7) is 1.60. The Morgan fingerprint density at radius 2 is 1.18 bits per heavy atom. The van der Waals surface area contributed by atoms with Crippen LogP contribution in [0.15, 0.2) is 48.5 Å². The zero-order valence-corrected chi connectivity index (χ0v) is 22.6. The first kappa shape index (κ1) is 25.4. The third-order valence-electron chi connectivity index (χ3n) is 7.07. The van der Waals surface area contributed by atoms with Crippen molar-refractivity contribution in [3.8, 4) is 0 Å². The molecule has 2 aromatic carbocycles. The smallest absolute Gasteiger partial charge is 0.231 e. The van der Waals surface area contributed by atoms with Gasteiger partial charge in [0, 0.05) is 39.0 Å². The second-order valence-corrected chi connectivity index (χ2v) is 11.8. The highest BCUT2D eigenvalue weighted by Crippen LogP contribution is 2.29. The topological polar surface area (TPSA) is 125 Å². The Kier molecular flexibility index (Phi) is 6.96. The fraction of sp³-hybridized carbons (Fsp3) is 0.333. The molecule has 2 N–H and O–H groups in total. The number of hydrogen-bond donors (Lipinski definition) is 2. The van der Waals surface area contributed by atoms with Crippen LogP contribution in [-0.2, 0) is 19.2 Å². The number of aromatic nitrogens is 2. The van der Waals surface area contributed by atoms with Gasteiger partial charge in [-0.15, -0.1) is 0 Å². The van der Waals surface area contributed by atoms with Gasteiger partial charge in [0.2, 0.25) is 23.6 Å². The van der Waals surface area contributed by atoms with Gasteiger partial charge in [-0.25, -0.2) is 9.97 Å². The minimum Gasteiger partial charge on any atom is -0.342 e. The molecule has 2 aromatic heterocycles. The fourth-order valence-corrected chi connectivity index (χ4v) is 6.78. The number of hydrogen-bond acceptors (Lipinski definition) is 8. The second-order valence-electron chi connectivity index (χ2n) is 9.79. The Labute approximate surface area is 232 Å². The lowest BCUT2D eigenvalue weighted by Crippen LogP contribution is -2.33. The van der Waals surface area contributed by atoms with Gasteiger partial charge in [-0.3, -0.25) is 19.2 Å². The number of nitrogens with one attached hydrogen (secondary N) is 2. The summed E-state index contributed by atoms with van der Waals surface area (Å²) in [6, 6.07) is 15.3. The maximum atomic E-state index is 12.8. The van der Waals surface area contributed by atoms with E-state index in [1.165, 1.54) is 22.7 Å². The zero-order chi connectivity index (χ0) is 26.9. The molecule has 200 valence electrons. The maximum absolute atomic E-state index is 12.8. The van der Waals surface area contributed by atoms with E-state index in [1.54, 1.807) is 9.80 Å². The third kappa shape index (κ3) is 5.48. The molecule has 2 aliphatic rings. The van der Waals surface area contributed by atoms with Crippen molar-refractivity contribution in [3.63, 3.8) is 0 Å². The van der Waals surface area contributed by atoms with Crippen molar-refractivity contribution in [3.05, 3.63) is 48.5 Å². The lowest BCUT2D eigenvalue weighted by atomic mass is 10.1. The highest BCUT2D eigenvalue weighted by Gasteiger charge is 2.36. The predicted molar refractivity (Wildman–Crippen MR) is 150 cm³/mol. The molecule has 0 spiro atoms. The molecule has 0 saturated carbocycles. The van der Waals surface area contributed by atoms with Crippen LogP contribution in [0.25, 0.3) is 20.4 Å². The van der Waals surface area contributed by atoms with E-state index >= 15 is 0 Å². The van der Waals surface area contributed by atoms with Crippen LogP contribution in [0.1, 0.15) is 19.3 Å². The molecule has 0 radical (unpaired) electrons. The van der Waals surface area contributed by atoms with E-state index in [-0.39, 0.29) is 36.5 Å². The second kappa shape index (κ2) is 10.7. The van der Waals surface area contributed by atoms with E-state index in [0.29, 0.717) is 42.9 Å². The first-order chi connectivity index (χ1) is 18.9. The number of rotatable bonds is 8. The highest BCUT2D eigenvalue weighted by molar-refractivity contribution is 7.22. The Hall–Kier alpha value is -3.90. The fourth-order valence-electron chi connectivity index (χ4n) is 5.05. The third-order valence-corrected chi connectivity index (χ3v) is 8.98. The number of nitrogens with zero attached hydrogens (tertiary/aromatic N) is 4. The first-order valence-corrected chi connectivity index (χ1v) is 14.4. The van der Waals surface area contributed by atoms with Crippen LogP contribution in [0.4, 0.5) is 10.3 Å². The van der Waals surface area contributed by atoms with Crippen LogP contribution in [0.2, 0.25) is 0 Å². The van der Waals surface area contributed by atoms with Crippen molar-refractivity contribution in [2.75, 3.05) is 36.8 Å². The molecule has 6 rings (SSSR count). The molecule has 2 saturated heterocycles. The van der Waals surface area contributed by atoms with Crippen molar-refractivity contribution < 1.29 is 19.2 Å². The molecule has 10 nitrogen and oxygen atoms in total. The number of anilines is 2. The van der Waals surface area contributed by atoms with Crippen LogP contribution in [0, 0.1) is 11.8 Å². The molecule has 2 fully saturated rings. The van der Waals surface area contributed by atoms with Crippen LogP contribution in [0.5, 0.6) is 0 Å². The molecule has 0 aliphatic carbocycles. The summed E-state index contributed by atoms with van der Waals surface area (Å²) in [5, 5.41) is 6.77. The number of thiazole rings is 2. The summed E-state index contributed by atoms with van der Waals surface area (Å²) in [5.74, 6) is -1.43. The number of carbonyl (C=O) groups excluding carboxylic acids is 4. The predicted octanol–water partition coefficient (Wildman–Crippen LogP) is 3.57. The minimum absolute atomic E-state index is 0.0692. The van der Waals surface area contributed by atoms with Gasteiger partial charge in [0.05, 0.1) is 32.3 Å². The lowest BCUT2D eigenvalue weighted by molar-refractivity contribution is -0.129. The van der Waals surface area contributed by atoms with E-state index < -0.39 is 11.8 Å². The van der Waals surface area contributed by atoms with E-state index in [1.807, 2.05) is 48.5 Å². The Balaban J connectivity index is 0.962. The number of likely N-dealkylation sites (tertiary alicyclic amines) is 2. The molecule has 4 aromatic rings. The standard InChI is InChI=1S/C27H26N6O4S2/c34-22-12-16(24(36)30-26-28-18-6-1-3-8-20(18)38-26)14-32(22)10-5-11-33-15-17(13-23(33)35)25(37)31-27-29-19-7-2-4-9-21(19)39-27/h1-4,6-9,16-17H,5,10-15H2,(H,28,30,36)(H,29,31,37)/t16-,17+. The lowest BCUT2D eigenvalue weighted by Gasteiger charge is -2.20. The van der Waals surface area contributed by atoms with E-state index in [4.69, 9.17) is 0 Å². The van der Waals surface area contributed by atoms with E-state index in [9.17, 15) is 19.2 Å². The van der Waals surface area contributed by atoms with E-state index in [2.05, 4.69) is 20.6 Å². The van der Waals surface area contributed by atoms with E-state index in [0.717, 1.165) is 20.4 Å². The number of benzene rings is 2. The SMILES string of the molecule is O=C(Nc1nc2ccccc2s1)[C@@H]1CC(=O)N(CCCN2C[C@@H](C(=O)Nc3nc4ccccc4s3)CC2=O)C1. The van der Waals surface area contributed by atoms with Crippen LogP contribution in [0.3, 0.4) is 0 Å². The zero-order valence-electron chi connectivity index (χ0n) is 21.0. The van der Waals surface area contributed by atoms with Crippen LogP contribution in [-0.4, -0.2) is 69.6 Å². The molecule has 0 unspecified atom stereocenters. The van der Waals surface area contributed by atoms with Crippen molar-refractivity contribution in [1.29, 1.82) is 0 Å². The van der Waals surface area contributed by atoms with Gasteiger partial charge < -0.3 is 20.4 Å². The number of amides is 4. The number of carbonyl (C=O) groups is 4. The molecule has 12 heteroatoms. The summed E-state index contributed by atoms with van der Waals surface area (Å²) in [4.78, 5) is 62.9. The number of para-hydroxylation sites is 2. The Morgan fingerprint density at radius 1 is 0.744 bits per heavy atom. The van der Waals surface area contributed by atoms with Gasteiger partial charge in [-0.2, -0.15) is 0 Å². The maximum Gasteiger partial charge on any atom is 0.231 e. The Morgan fingerprint density at radius 3 is 1.62 bits per heavy atom. The molecule has 2 atom stereocenters. The quantitative estimate of drug-likeness (QED) is 0.338. The van der Waals surface area contributed by atoms with Crippen molar-refractivity contribution in [1.82, 2.24) is 19.8 Å². The largest absolute Gasteiger partial charge is 0.342 e. The molecule has 4 amide bonds. The Bertz CT molecular complexity index is 1400. The van der Waals surface area contributed by atoms with Crippen LogP contribution >= 0.6 is 22.7 Å². The number of fused-ring (bicyclic) bond motifs is 2. The average Bonchev–Trinajstić information content (AvgIpc) is 3.69. The molecule has 4 heterocycles. The van der Waals surface area contributed by atoms with Gasteiger partial charge in [-0.05, 0) is 30.7 Å². The van der Waals surface area contributed by atoms with Gasteiger partial charge in [0.15, 0.2) is 10.3 Å². The summed E-state index contributed by atoms with van der Waals surface area (Å²) < 4.78 is 1.98. The van der Waals surface area contributed by atoms with Crippen LogP contribution < -0.4 is 10.6 Å². The van der Waals surface area contributed by atoms with Gasteiger partial charge in [-0.1, -0.05) is 46.9 Å². The highest BCUT2D eigenvalue weighted by atomic mass is 32.1. The van der Waals surface area contributed by atoms with Gasteiger partial charge in [0.1, 0.15) is 0 Å². The minimum atomic E-state index is -0.437. The molecule has 39 heavy (non-hydrogen) atoms. The van der Waals surface area contributed by atoms with Gasteiger partial charge >= 0.3 is 0 Å². The molecule has 2 aliphatic heterocycles. The molecular weight excluding hydrogens is 536 g/mol. The molecular formula is C27H26N6O4S2.